The molecule has 156 valence electrons. The van der Waals surface area contributed by atoms with E-state index < -0.39 is 0 Å². The van der Waals surface area contributed by atoms with E-state index in [1.54, 1.807) is 14.2 Å². The molecule has 0 radical (unpaired) electrons. The molecule has 1 heterocycles. The molecule has 2 aromatic rings. The number of carbonyl (C=O) groups excluding carboxylic acids is 1. The van der Waals surface area contributed by atoms with Crippen molar-refractivity contribution >= 4 is 5.91 Å². The number of rotatable bonds is 10. The maximum absolute atomic E-state index is 12.3. The van der Waals surface area contributed by atoms with Crippen molar-refractivity contribution in [2.45, 2.75) is 25.2 Å². The fraction of sp³-hybridized carbons (Fsp3) is 0.458. The van der Waals surface area contributed by atoms with Gasteiger partial charge in [-0.1, -0.05) is 36.4 Å². The number of hydrogen-bond donors (Lipinski definition) is 0. The van der Waals surface area contributed by atoms with E-state index in [1.807, 2.05) is 23.1 Å². The third kappa shape index (κ3) is 5.73. The largest absolute Gasteiger partial charge is 0.493 e. The van der Waals surface area contributed by atoms with Crippen LogP contribution < -0.4 is 9.47 Å². The third-order valence-corrected chi connectivity index (χ3v) is 5.68. The van der Waals surface area contributed by atoms with Crippen LogP contribution in [0, 0.1) is 0 Å². The van der Waals surface area contributed by atoms with Crippen LogP contribution in [0.3, 0.4) is 0 Å². The van der Waals surface area contributed by atoms with Crippen LogP contribution in [0.15, 0.2) is 48.5 Å². The Labute approximate surface area is 174 Å². The molecule has 5 heteroatoms. The number of amides is 1. The number of methoxy groups -OCH3 is 2. The van der Waals surface area contributed by atoms with Crippen LogP contribution in [0.5, 0.6) is 11.5 Å². The Morgan fingerprint density at radius 2 is 1.79 bits per heavy atom. The zero-order valence-electron chi connectivity index (χ0n) is 17.8. The molecule has 0 aromatic heterocycles. The molecule has 3 rings (SSSR count). The van der Waals surface area contributed by atoms with Crippen molar-refractivity contribution in [1.82, 2.24) is 9.80 Å². The van der Waals surface area contributed by atoms with Crippen molar-refractivity contribution in [3.05, 3.63) is 59.7 Å². The minimum atomic E-state index is 0.284. The van der Waals surface area contributed by atoms with E-state index in [2.05, 4.69) is 42.3 Å². The molecule has 0 N–H and O–H groups in total. The Kier molecular flexibility index (Phi) is 7.53. The number of benzene rings is 2. The lowest BCUT2D eigenvalue weighted by molar-refractivity contribution is -0.127. The third-order valence-electron chi connectivity index (χ3n) is 5.68. The van der Waals surface area contributed by atoms with Crippen LogP contribution in [-0.4, -0.2) is 63.2 Å². The molecular formula is C24H32N2O3. The summed E-state index contributed by atoms with van der Waals surface area (Å²) in [7, 11) is 5.45. The van der Waals surface area contributed by atoms with Crippen LogP contribution in [0.25, 0.3) is 0 Å². The average Bonchev–Trinajstić information content (AvgIpc) is 3.13. The lowest BCUT2D eigenvalue weighted by Gasteiger charge is -2.20. The highest BCUT2D eigenvalue weighted by atomic mass is 16.5. The topological polar surface area (TPSA) is 42.0 Å². The van der Waals surface area contributed by atoms with Gasteiger partial charge in [-0.25, -0.2) is 0 Å². The predicted molar refractivity (Wildman–Crippen MR) is 116 cm³/mol. The maximum Gasteiger partial charge on any atom is 0.223 e. The quantitative estimate of drug-likeness (QED) is 0.616. The molecule has 1 atom stereocenters. The van der Waals surface area contributed by atoms with Gasteiger partial charge in [0.05, 0.1) is 14.2 Å². The van der Waals surface area contributed by atoms with Gasteiger partial charge in [0, 0.05) is 32.0 Å². The van der Waals surface area contributed by atoms with E-state index in [0.29, 0.717) is 12.3 Å². The second kappa shape index (κ2) is 10.3. The molecule has 5 nitrogen and oxygen atoms in total. The van der Waals surface area contributed by atoms with Crippen LogP contribution in [0.2, 0.25) is 0 Å². The number of likely N-dealkylation sites (tertiary alicyclic amines) is 1. The lowest BCUT2D eigenvalue weighted by Crippen LogP contribution is -2.30. The first kappa shape index (κ1) is 21.2. The van der Waals surface area contributed by atoms with Crippen LogP contribution in [0.1, 0.15) is 29.9 Å². The smallest absolute Gasteiger partial charge is 0.223 e. The number of likely N-dealkylation sites (N-methyl/N-ethyl adjacent to an activating group) is 1. The van der Waals surface area contributed by atoms with Gasteiger partial charge in [0.1, 0.15) is 0 Å². The number of carbonyl (C=O) groups is 1. The molecule has 0 unspecified atom stereocenters. The fourth-order valence-electron chi connectivity index (χ4n) is 3.94. The van der Waals surface area contributed by atoms with Crippen LogP contribution in [-0.2, 0) is 11.2 Å². The summed E-state index contributed by atoms with van der Waals surface area (Å²) in [5.41, 5.74) is 2.50. The highest BCUT2D eigenvalue weighted by molar-refractivity contribution is 5.79. The second-order valence-corrected chi connectivity index (χ2v) is 7.75. The van der Waals surface area contributed by atoms with Gasteiger partial charge in [-0.3, -0.25) is 4.79 Å². The molecule has 1 aliphatic rings. The second-order valence-electron chi connectivity index (χ2n) is 7.75. The van der Waals surface area contributed by atoms with E-state index in [-0.39, 0.29) is 5.91 Å². The van der Waals surface area contributed by atoms with Gasteiger partial charge < -0.3 is 19.3 Å². The molecule has 29 heavy (non-hydrogen) atoms. The molecule has 0 saturated carbocycles. The summed E-state index contributed by atoms with van der Waals surface area (Å²) in [6, 6.07) is 16.5. The van der Waals surface area contributed by atoms with Gasteiger partial charge in [0.2, 0.25) is 5.91 Å². The number of hydrogen-bond acceptors (Lipinski definition) is 4. The minimum absolute atomic E-state index is 0.284. The standard InChI is InChI=1S/C24H32N2O3/c1-25(15-12-19-10-11-22(28-2)23(16-19)29-3)13-7-14-26-18-21(17-24(26)27)20-8-5-4-6-9-20/h4-6,8-11,16,21H,7,12-15,17-18H2,1-3H3/t21-/m0/s1. The van der Waals surface area contributed by atoms with Crippen molar-refractivity contribution in [3.8, 4) is 11.5 Å². The van der Waals surface area contributed by atoms with Gasteiger partial charge in [-0.15, -0.1) is 0 Å². The van der Waals surface area contributed by atoms with Gasteiger partial charge in [-0.2, -0.15) is 0 Å². The average molecular weight is 397 g/mol. The number of ether oxygens (including phenoxy) is 2. The monoisotopic (exact) mass is 396 g/mol. The van der Waals surface area contributed by atoms with E-state index in [1.165, 1.54) is 11.1 Å². The first-order valence-electron chi connectivity index (χ1n) is 10.3. The van der Waals surface area contributed by atoms with Gasteiger partial charge in [0.15, 0.2) is 11.5 Å². The SMILES string of the molecule is COc1ccc(CCN(C)CCCN2C[C@@H](c3ccccc3)CC2=O)cc1OC. The Morgan fingerprint density at radius 1 is 1.03 bits per heavy atom. The van der Waals surface area contributed by atoms with E-state index in [0.717, 1.165) is 50.5 Å². The molecule has 0 bridgehead atoms. The molecule has 1 saturated heterocycles. The van der Waals surface area contributed by atoms with E-state index >= 15 is 0 Å². The summed E-state index contributed by atoms with van der Waals surface area (Å²) < 4.78 is 10.7. The Hall–Kier alpha value is -2.53. The first-order valence-corrected chi connectivity index (χ1v) is 10.3. The summed E-state index contributed by atoms with van der Waals surface area (Å²) in [6.45, 7) is 3.63. The summed E-state index contributed by atoms with van der Waals surface area (Å²) in [4.78, 5) is 16.7. The summed E-state index contributed by atoms with van der Waals surface area (Å²) in [6.07, 6.45) is 2.59. The zero-order valence-corrected chi connectivity index (χ0v) is 17.8. The predicted octanol–water partition coefficient (Wildman–Crippen LogP) is 3.58. The Bertz CT molecular complexity index is 794. The summed E-state index contributed by atoms with van der Waals surface area (Å²) >= 11 is 0. The van der Waals surface area contributed by atoms with E-state index in [9.17, 15) is 4.79 Å². The molecule has 2 aromatic carbocycles. The van der Waals surface area contributed by atoms with Crippen molar-refractivity contribution in [1.29, 1.82) is 0 Å². The zero-order chi connectivity index (χ0) is 20.6. The summed E-state index contributed by atoms with van der Waals surface area (Å²) in [5.74, 6) is 2.15. The van der Waals surface area contributed by atoms with Crippen LogP contribution >= 0.6 is 0 Å². The van der Waals surface area contributed by atoms with Gasteiger partial charge in [-0.05, 0) is 49.7 Å². The lowest BCUT2D eigenvalue weighted by atomic mass is 9.99. The van der Waals surface area contributed by atoms with Gasteiger partial charge in [0.25, 0.3) is 0 Å². The van der Waals surface area contributed by atoms with Crippen molar-refractivity contribution in [3.63, 3.8) is 0 Å². The van der Waals surface area contributed by atoms with Gasteiger partial charge >= 0.3 is 0 Å². The highest BCUT2D eigenvalue weighted by Crippen LogP contribution is 2.28. The molecule has 1 fully saturated rings. The Morgan fingerprint density at radius 3 is 2.52 bits per heavy atom. The van der Waals surface area contributed by atoms with Crippen molar-refractivity contribution < 1.29 is 14.3 Å². The normalized spacial score (nSPS) is 16.5. The molecular weight excluding hydrogens is 364 g/mol. The fourth-order valence-corrected chi connectivity index (χ4v) is 3.94. The van der Waals surface area contributed by atoms with Crippen molar-refractivity contribution in [2.24, 2.45) is 0 Å². The first-order chi connectivity index (χ1) is 14.1. The van der Waals surface area contributed by atoms with Crippen LogP contribution in [0.4, 0.5) is 0 Å². The molecule has 0 spiro atoms. The molecule has 1 aliphatic heterocycles. The Balaban J connectivity index is 1.40. The maximum atomic E-state index is 12.3. The van der Waals surface area contributed by atoms with E-state index in [4.69, 9.17) is 9.47 Å². The minimum Gasteiger partial charge on any atom is -0.493 e. The highest BCUT2D eigenvalue weighted by Gasteiger charge is 2.29. The number of nitrogens with zero attached hydrogens (tertiary/aromatic N) is 2. The molecule has 0 aliphatic carbocycles. The molecule has 1 amide bonds. The summed E-state index contributed by atoms with van der Waals surface area (Å²) in [5, 5.41) is 0. The van der Waals surface area contributed by atoms with Crippen molar-refractivity contribution in [2.75, 3.05) is 47.4 Å².